The summed E-state index contributed by atoms with van der Waals surface area (Å²) in [4.78, 5) is 27.0. The van der Waals surface area contributed by atoms with E-state index in [1.807, 2.05) is 0 Å². The van der Waals surface area contributed by atoms with Crippen LogP contribution in [0.5, 0.6) is 0 Å². The summed E-state index contributed by atoms with van der Waals surface area (Å²) in [6, 6.07) is 0. The van der Waals surface area contributed by atoms with E-state index in [0.717, 1.165) is 5.06 Å². The molecule has 1 saturated heterocycles. The van der Waals surface area contributed by atoms with Gasteiger partial charge in [0.2, 0.25) is 0 Å². The van der Waals surface area contributed by atoms with Crippen molar-refractivity contribution in [3.63, 3.8) is 0 Å². The van der Waals surface area contributed by atoms with E-state index in [-0.39, 0.29) is 37.8 Å². The van der Waals surface area contributed by atoms with E-state index in [0.29, 0.717) is 12.7 Å². The molecule has 0 unspecified atom stereocenters. The van der Waals surface area contributed by atoms with Crippen molar-refractivity contribution in [2.24, 2.45) is 0 Å². The van der Waals surface area contributed by atoms with E-state index in [1.54, 1.807) is 7.28 Å². The third-order valence-electron chi connectivity index (χ3n) is 1.89. The Morgan fingerprint density at radius 2 is 2.00 bits per heavy atom. The van der Waals surface area contributed by atoms with E-state index in [2.05, 4.69) is 0 Å². The molecule has 1 aliphatic heterocycles. The van der Waals surface area contributed by atoms with Crippen molar-refractivity contribution in [3.8, 4) is 0 Å². The Kier molecular flexibility index (Phi) is 4.62. The van der Waals surface area contributed by atoms with Crippen LogP contribution in [-0.2, 0) is 14.4 Å². The number of carbonyl (C=O) groups is 2. The molecule has 6 heteroatoms. The zero-order chi connectivity index (χ0) is 10.4. The van der Waals surface area contributed by atoms with Crippen LogP contribution in [0.3, 0.4) is 0 Å². The van der Waals surface area contributed by atoms with Crippen LogP contribution in [0.4, 0.5) is 0 Å². The van der Waals surface area contributed by atoms with Crippen molar-refractivity contribution in [3.05, 3.63) is 0 Å². The molecule has 0 aromatic heterocycles. The van der Waals surface area contributed by atoms with Gasteiger partial charge in [-0.3, -0.25) is 14.4 Å². The summed E-state index contributed by atoms with van der Waals surface area (Å²) < 4.78 is 0. The smallest absolute Gasteiger partial charge is 0.253 e. The minimum Gasteiger partial charge on any atom is -0.396 e. The van der Waals surface area contributed by atoms with Crippen molar-refractivity contribution in [2.75, 3.05) is 13.1 Å². The number of aliphatic hydroxyl groups is 1. The summed E-state index contributed by atoms with van der Waals surface area (Å²) in [6.45, 7) is 0.371. The third-order valence-corrected chi connectivity index (χ3v) is 1.89. The highest BCUT2D eigenvalue weighted by molar-refractivity contribution is 6.35. The van der Waals surface area contributed by atoms with Gasteiger partial charge >= 0.3 is 0 Å². The van der Waals surface area contributed by atoms with E-state index < -0.39 is 0 Å². The molecule has 2 amide bonds. The number of nitrogens with zero attached hydrogens (tertiary/aromatic N) is 1. The first-order valence-electron chi connectivity index (χ1n) is 4.67. The van der Waals surface area contributed by atoms with E-state index in [1.165, 1.54) is 0 Å². The molecule has 1 aliphatic rings. The fourth-order valence-corrected chi connectivity index (χ4v) is 1.15. The highest BCUT2D eigenvalue weighted by Gasteiger charge is 2.29. The maximum Gasteiger partial charge on any atom is 0.253 e. The molecule has 14 heavy (non-hydrogen) atoms. The molecule has 0 spiro atoms. The van der Waals surface area contributed by atoms with E-state index in [4.69, 9.17) is 9.94 Å². The van der Waals surface area contributed by atoms with Crippen LogP contribution in [0, 0.1) is 0 Å². The monoisotopic (exact) mass is 198 g/mol. The summed E-state index contributed by atoms with van der Waals surface area (Å²) in [6.07, 6.45) is 1.88. The van der Waals surface area contributed by atoms with Gasteiger partial charge in [0.15, 0.2) is 0 Å². The summed E-state index contributed by atoms with van der Waals surface area (Å²) in [5.41, 5.74) is 0. The van der Waals surface area contributed by atoms with Crippen molar-refractivity contribution in [2.45, 2.75) is 25.6 Å². The van der Waals surface area contributed by atoms with Gasteiger partial charge in [-0.05, 0) is 6.42 Å². The summed E-state index contributed by atoms with van der Waals surface area (Å²) in [5, 5.41) is 9.31. The molecule has 0 aliphatic carbocycles. The number of hydrogen-bond donors (Lipinski definition) is 1. The van der Waals surface area contributed by atoms with E-state index >= 15 is 0 Å². The fourth-order valence-electron chi connectivity index (χ4n) is 1.15. The zero-order valence-corrected chi connectivity index (χ0v) is 7.94. The molecule has 1 fully saturated rings. The fraction of sp³-hybridized carbons (Fsp3) is 0.750. The Morgan fingerprint density at radius 1 is 1.36 bits per heavy atom. The Balaban J connectivity index is 2.11. The van der Waals surface area contributed by atoms with Crippen molar-refractivity contribution >= 4 is 19.1 Å². The largest absolute Gasteiger partial charge is 0.396 e. The second kappa shape index (κ2) is 5.77. The number of hydroxylamine groups is 2. The SMILES string of the molecule is O=C1CCC(=O)N1OC[B]CCCO. The number of imide groups is 1. The molecule has 1 N–H and O–H groups in total. The lowest BCUT2D eigenvalue weighted by Crippen LogP contribution is -2.30. The maximum atomic E-state index is 11.0. The number of aliphatic hydroxyl groups excluding tert-OH is 1. The highest BCUT2D eigenvalue weighted by atomic mass is 16.7. The van der Waals surface area contributed by atoms with Crippen LogP contribution in [0.15, 0.2) is 0 Å². The highest BCUT2D eigenvalue weighted by Crippen LogP contribution is 2.11. The minimum absolute atomic E-state index is 0.137. The van der Waals surface area contributed by atoms with Crippen LogP contribution in [0.2, 0.25) is 6.32 Å². The standard InChI is InChI=1S/C8H13BNO4/c11-5-1-4-9-6-14-10-7(12)2-3-8(10)13/h11H,1-6H2. The Bertz CT molecular complexity index is 205. The summed E-state index contributed by atoms with van der Waals surface area (Å²) in [7, 11) is 1.79. The van der Waals surface area contributed by atoms with Gasteiger partial charge in [0, 0.05) is 26.0 Å². The van der Waals surface area contributed by atoms with Gasteiger partial charge in [0.25, 0.3) is 11.8 Å². The molecule has 5 nitrogen and oxygen atoms in total. The molecule has 0 saturated carbocycles. The van der Waals surface area contributed by atoms with Gasteiger partial charge in [0.05, 0.1) is 0 Å². The first kappa shape index (κ1) is 11.2. The van der Waals surface area contributed by atoms with Gasteiger partial charge in [-0.2, -0.15) is 5.06 Å². The maximum absolute atomic E-state index is 11.0. The lowest BCUT2D eigenvalue weighted by Gasteiger charge is -2.12. The molecule has 77 valence electrons. The van der Waals surface area contributed by atoms with Gasteiger partial charge < -0.3 is 5.11 Å². The topological polar surface area (TPSA) is 66.8 Å². The van der Waals surface area contributed by atoms with Crippen molar-refractivity contribution in [1.29, 1.82) is 0 Å². The zero-order valence-electron chi connectivity index (χ0n) is 7.94. The molecule has 1 rings (SSSR count). The molecule has 0 aromatic rings. The molecule has 1 heterocycles. The first-order valence-corrected chi connectivity index (χ1v) is 4.67. The third kappa shape index (κ3) is 3.12. The number of carbonyl (C=O) groups excluding carboxylic acids is 2. The average Bonchev–Trinajstić information content (AvgIpc) is 2.48. The second-order valence-electron chi connectivity index (χ2n) is 3.03. The minimum atomic E-state index is -0.273. The Hall–Kier alpha value is -0.875. The molecule has 0 atom stereocenters. The molecule has 0 bridgehead atoms. The summed E-state index contributed by atoms with van der Waals surface area (Å²) in [5.74, 6) is -0.545. The average molecular weight is 198 g/mol. The Labute approximate surface area is 83.2 Å². The van der Waals surface area contributed by atoms with Gasteiger partial charge in [-0.1, -0.05) is 6.32 Å². The predicted octanol–water partition coefficient (Wildman–Crippen LogP) is -0.471. The second-order valence-corrected chi connectivity index (χ2v) is 3.03. The van der Waals surface area contributed by atoms with Crippen LogP contribution >= 0.6 is 0 Å². The number of rotatable bonds is 6. The van der Waals surface area contributed by atoms with Crippen LogP contribution in [0.1, 0.15) is 19.3 Å². The van der Waals surface area contributed by atoms with Crippen LogP contribution in [-0.4, -0.2) is 42.4 Å². The van der Waals surface area contributed by atoms with Crippen molar-refractivity contribution < 1.29 is 19.5 Å². The molecular weight excluding hydrogens is 185 g/mol. The van der Waals surface area contributed by atoms with Crippen LogP contribution in [0.25, 0.3) is 0 Å². The quantitative estimate of drug-likeness (QED) is 0.356. The van der Waals surface area contributed by atoms with Gasteiger partial charge in [-0.25, -0.2) is 0 Å². The lowest BCUT2D eigenvalue weighted by atomic mass is 9.75. The van der Waals surface area contributed by atoms with Gasteiger partial charge in [0.1, 0.15) is 7.28 Å². The first-order chi connectivity index (χ1) is 6.75. The molecular formula is C8H13BNO4. The van der Waals surface area contributed by atoms with E-state index in [9.17, 15) is 9.59 Å². The molecule has 1 radical (unpaired) electrons. The Morgan fingerprint density at radius 3 is 2.57 bits per heavy atom. The number of hydrogen-bond acceptors (Lipinski definition) is 4. The van der Waals surface area contributed by atoms with Crippen LogP contribution < -0.4 is 0 Å². The lowest BCUT2D eigenvalue weighted by molar-refractivity contribution is -0.182. The number of amides is 2. The predicted molar refractivity (Wildman–Crippen MR) is 49.3 cm³/mol. The van der Waals surface area contributed by atoms with Crippen molar-refractivity contribution in [1.82, 2.24) is 5.06 Å². The van der Waals surface area contributed by atoms with Gasteiger partial charge in [-0.15, -0.1) is 0 Å². The summed E-state index contributed by atoms with van der Waals surface area (Å²) >= 11 is 0. The normalized spacial score (nSPS) is 16.5. The molecule has 0 aromatic carbocycles.